The summed E-state index contributed by atoms with van der Waals surface area (Å²) in [7, 11) is 0. The Morgan fingerprint density at radius 2 is 2.25 bits per heavy atom. The van der Waals surface area contributed by atoms with Gasteiger partial charge in [0.15, 0.2) is 0 Å². The van der Waals surface area contributed by atoms with Crippen molar-refractivity contribution in [2.45, 2.75) is 23.4 Å². The number of nitrogens with one attached hydrogen (secondary N) is 2. The first-order valence-corrected chi connectivity index (χ1v) is 5.62. The van der Waals surface area contributed by atoms with E-state index in [1.807, 2.05) is 0 Å². The monoisotopic (exact) mass is 284 g/mol. The number of carbonyl (C=O) groups is 1. The number of furan rings is 1. The van der Waals surface area contributed by atoms with Crippen molar-refractivity contribution in [2.75, 3.05) is 0 Å². The van der Waals surface area contributed by atoms with Gasteiger partial charge in [0, 0.05) is 6.92 Å². The van der Waals surface area contributed by atoms with E-state index in [2.05, 4.69) is 10.6 Å². The lowest BCUT2D eigenvalue weighted by Gasteiger charge is -2.25. The van der Waals surface area contributed by atoms with Gasteiger partial charge in [-0.2, -0.15) is 0 Å². The van der Waals surface area contributed by atoms with Gasteiger partial charge in [0.2, 0.25) is 9.70 Å². The molecule has 1 aromatic rings. The molecule has 0 radical (unpaired) electrons. The smallest absolute Gasteiger partial charge is 0.223 e. The Kier molecular flexibility index (Phi) is 4.92. The van der Waals surface area contributed by atoms with Crippen molar-refractivity contribution in [3.63, 3.8) is 0 Å². The Hall–Kier alpha value is -0.420. The third-order valence-electron chi connectivity index (χ3n) is 1.74. The van der Waals surface area contributed by atoms with Crippen LogP contribution < -0.4 is 10.6 Å². The molecule has 4 nitrogen and oxygen atoms in total. The van der Waals surface area contributed by atoms with Crippen molar-refractivity contribution in [2.24, 2.45) is 0 Å². The molecule has 90 valence electrons. The molecule has 1 amide bonds. The first kappa shape index (κ1) is 13.6. The Morgan fingerprint density at radius 3 is 2.69 bits per heavy atom. The predicted octanol–water partition coefficient (Wildman–Crippen LogP) is 2.20. The highest BCUT2D eigenvalue weighted by molar-refractivity contribution is 6.68. The molecule has 0 spiro atoms. The van der Waals surface area contributed by atoms with Gasteiger partial charge < -0.3 is 9.73 Å². The lowest BCUT2D eigenvalue weighted by molar-refractivity contribution is -0.119. The Balaban J connectivity index is 2.54. The van der Waals surface area contributed by atoms with Gasteiger partial charge in [0.1, 0.15) is 11.9 Å². The predicted molar refractivity (Wildman–Crippen MR) is 63.4 cm³/mol. The van der Waals surface area contributed by atoms with Crippen molar-refractivity contribution >= 4 is 40.7 Å². The van der Waals surface area contributed by atoms with Crippen molar-refractivity contribution in [3.8, 4) is 0 Å². The highest BCUT2D eigenvalue weighted by Crippen LogP contribution is 2.29. The minimum Gasteiger partial charge on any atom is -0.468 e. The zero-order valence-corrected chi connectivity index (χ0v) is 10.7. The summed E-state index contributed by atoms with van der Waals surface area (Å²) in [5.74, 6) is 0.396. The Morgan fingerprint density at radius 1 is 1.56 bits per heavy atom. The van der Waals surface area contributed by atoms with Crippen LogP contribution in [0.25, 0.3) is 0 Å². The molecule has 1 aromatic heterocycles. The standard InChI is InChI=1S/C9H11Cl3N2O2/c1-6(15)14-8(9(10,11)12)13-5-7-3-2-4-16-7/h2-4,8,13H,5H2,1H3,(H,14,15)/t8-/m0/s1. The largest absolute Gasteiger partial charge is 0.468 e. The molecule has 0 fully saturated rings. The van der Waals surface area contributed by atoms with Crippen molar-refractivity contribution in [1.82, 2.24) is 10.6 Å². The van der Waals surface area contributed by atoms with E-state index in [9.17, 15) is 4.79 Å². The summed E-state index contributed by atoms with van der Waals surface area (Å²) >= 11 is 17.1. The number of hydrogen-bond donors (Lipinski definition) is 2. The summed E-state index contributed by atoms with van der Waals surface area (Å²) in [6.07, 6.45) is 0.764. The van der Waals surface area contributed by atoms with Gasteiger partial charge in [-0.15, -0.1) is 0 Å². The lowest BCUT2D eigenvalue weighted by Crippen LogP contribution is -2.52. The molecule has 0 aliphatic heterocycles. The summed E-state index contributed by atoms with van der Waals surface area (Å²) in [6.45, 7) is 1.70. The number of amides is 1. The third kappa shape index (κ3) is 4.61. The zero-order chi connectivity index (χ0) is 12.2. The lowest BCUT2D eigenvalue weighted by atomic mass is 10.4. The fraction of sp³-hybridized carbons (Fsp3) is 0.444. The molecule has 1 atom stereocenters. The highest BCUT2D eigenvalue weighted by Gasteiger charge is 2.32. The van der Waals surface area contributed by atoms with Crippen molar-refractivity contribution < 1.29 is 9.21 Å². The highest BCUT2D eigenvalue weighted by atomic mass is 35.6. The molecule has 1 heterocycles. The second kappa shape index (κ2) is 5.77. The maximum Gasteiger partial charge on any atom is 0.223 e. The molecule has 2 N–H and O–H groups in total. The maximum atomic E-state index is 10.9. The van der Waals surface area contributed by atoms with Crippen LogP contribution in [0.1, 0.15) is 12.7 Å². The van der Waals surface area contributed by atoms with E-state index in [1.165, 1.54) is 6.92 Å². The summed E-state index contributed by atoms with van der Waals surface area (Å²) in [5, 5.41) is 5.37. The zero-order valence-electron chi connectivity index (χ0n) is 8.47. The summed E-state index contributed by atoms with van der Waals surface area (Å²) in [6, 6.07) is 3.52. The van der Waals surface area contributed by atoms with E-state index >= 15 is 0 Å². The van der Waals surface area contributed by atoms with E-state index in [0.29, 0.717) is 12.3 Å². The third-order valence-corrected chi connectivity index (χ3v) is 2.39. The second-order valence-electron chi connectivity index (χ2n) is 3.14. The number of halogens is 3. The van der Waals surface area contributed by atoms with Crippen LogP contribution in [0.5, 0.6) is 0 Å². The normalized spacial score (nSPS) is 13.5. The molecular weight excluding hydrogens is 274 g/mol. The molecule has 0 saturated carbocycles. The molecular formula is C9H11Cl3N2O2. The minimum absolute atomic E-state index is 0.289. The maximum absolute atomic E-state index is 10.9. The first-order chi connectivity index (χ1) is 7.39. The average molecular weight is 286 g/mol. The van der Waals surface area contributed by atoms with E-state index < -0.39 is 9.96 Å². The fourth-order valence-corrected chi connectivity index (χ4v) is 1.46. The molecule has 0 saturated heterocycles. The van der Waals surface area contributed by atoms with Crippen LogP contribution in [0.2, 0.25) is 0 Å². The van der Waals surface area contributed by atoms with E-state index in [4.69, 9.17) is 39.2 Å². The van der Waals surface area contributed by atoms with Gasteiger partial charge in [-0.3, -0.25) is 10.1 Å². The molecule has 0 aliphatic carbocycles. The van der Waals surface area contributed by atoms with Gasteiger partial charge in [0.05, 0.1) is 12.8 Å². The summed E-state index contributed by atoms with van der Waals surface area (Å²) in [5.41, 5.74) is 0. The molecule has 16 heavy (non-hydrogen) atoms. The number of hydrogen-bond acceptors (Lipinski definition) is 3. The molecule has 0 aromatic carbocycles. The van der Waals surface area contributed by atoms with E-state index in [1.54, 1.807) is 18.4 Å². The quantitative estimate of drug-likeness (QED) is 0.659. The van der Waals surface area contributed by atoms with Crippen LogP contribution in [-0.4, -0.2) is 15.9 Å². The van der Waals surface area contributed by atoms with Crippen LogP contribution in [-0.2, 0) is 11.3 Å². The fourth-order valence-electron chi connectivity index (χ4n) is 1.07. The van der Waals surface area contributed by atoms with Crippen molar-refractivity contribution in [3.05, 3.63) is 24.2 Å². The van der Waals surface area contributed by atoms with Gasteiger partial charge >= 0.3 is 0 Å². The van der Waals surface area contributed by atoms with Gasteiger partial charge in [-0.1, -0.05) is 34.8 Å². The van der Waals surface area contributed by atoms with Gasteiger partial charge in [-0.25, -0.2) is 0 Å². The van der Waals surface area contributed by atoms with Gasteiger partial charge in [-0.05, 0) is 12.1 Å². The Labute approximate surface area is 108 Å². The van der Waals surface area contributed by atoms with Crippen molar-refractivity contribution in [1.29, 1.82) is 0 Å². The molecule has 7 heteroatoms. The van der Waals surface area contributed by atoms with Crippen LogP contribution in [0, 0.1) is 0 Å². The van der Waals surface area contributed by atoms with Crippen LogP contribution in [0.4, 0.5) is 0 Å². The van der Waals surface area contributed by atoms with E-state index in [-0.39, 0.29) is 5.91 Å². The summed E-state index contributed by atoms with van der Waals surface area (Å²) < 4.78 is 3.47. The SMILES string of the molecule is CC(=O)N[C@H](NCc1ccco1)C(Cl)(Cl)Cl. The molecule has 0 aliphatic rings. The topological polar surface area (TPSA) is 54.3 Å². The Bertz CT molecular complexity index is 335. The van der Waals surface area contributed by atoms with Crippen LogP contribution in [0.3, 0.4) is 0 Å². The summed E-state index contributed by atoms with van der Waals surface area (Å²) in [4.78, 5) is 10.9. The number of carbonyl (C=O) groups excluding carboxylic acids is 1. The van der Waals surface area contributed by atoms with Gasteiger partial charge in [0.25, 0.3) is 0 Å². The first-order valence-electron chi connectivity index (χ1n) is 4.49. The van der Waals surface area contributed by atoms with Crippen LogP contribution >= 0.6 is 34.8 Å². The number of rotatable bonds is 4. The molecule has 0 unspecified atom stereocenters. The minimum atomic E-state index is -1.63. The average Bonchev–Trinajstić information content (AvgIpc) is 2.62. The second-order valence-corrected chi connectivity index (χ2v) is 5.50. The van der Waals surface area contributed by atoms with Crippen LogP contribution in [0.15, 0.2) is 22.8 Å². The molecule has 1 rings (SSSR count). The number of alkyl halides is 3. The molecule has 0 bridgehead atoms. The van der Waals surface area contributed by atoms with E-state index in [0.717, 1.165) is 0 Å².